The minimum absolute atomic E-state index is 0.0878. The number of nitrogens with zero attached hydrogens (tertiary/aromatic N) is 2. The molecule has 0 saturated heterocycles. The van der Waals surface area contributed by atoms with Crippen molar-refractivity contribution < 1.29 is 0 Å². The van der Waals surface area contributed by atoms with Gasteiger partial charge in [0.2, 0.25) is 0 Å². The van der Waals surface area contributed by atoms with Crippen LogP contribution < -0.4 is 5.73 Å². The van der Waals surface area contributed by atoms with Crippen LogP contribution in [0, 0.1) is 0 Å². The Labute approximate surface area is 99.8 Å². The lowest BCUT2D eigenvalue weighted by Gasteiger charge is -2.05. The number of rotatable bonds is 2. The number of benzene rings is 1. The van der Waals surface area contributed by atoms with Crippen LogP contribution in [0.5, 0.6) is 0 Å². The summed E-state index contributed by atoms with van der Waals surface area (Å²) in [6.45, 7) is 1.93. The van der Waals surface area contributed by atoms with E-state index in [4.69, 9.17) is 17.3 Å². The molecule has 3 nitrogen and oxygen atoms in total. The van der Waals surface area contributed by atoms with Crippen molar-refractivity contribution in [2.24, 2.45) is 12.8 Å². The molecule has 1 atom stereocenters. The summed E-state index contributed by atoms with van der Waals surface area (Å²) in [4.78, 5) is 0. The largest absolute Gasteiger partial charge is 0.323 e. The predicted molar refractivity (Wildman–Crippen MR) is 66.3 cm³/mol. The highest BCUT2D eigenvalue weighted by Crippen LogP contribution is 2.27. The molecule has 0 bridgehead atoms. The van der Waals surface area contributed by atoms with E-state index in [0.29, 0.717) is 0 Å². The Morgan fingerprint density at radius 1 is 1.44 bits per heavy atom. The van der Waals surface area contributed by atoms with Crippen LogP contribution in [0.3, 0.4) is 0 Å². The molecule has 0 aliphatic carbocycles. The SMILES string of the molecule is CC(N)c1nn(C)cc1-c1cccc(Cl)c1. The highest BCUT2D eigenvalue weighted by molar-refractivity contribution is 6.30. The van der Waals surface area contributed by atoms with Crippen molar-refractivity contribution in [3.8, 4) is 11.1 Å². The molecule has 0 radical (unpaired) electrons. The van der Waals surface area contributed by atoms with Gasteiger partial charge >= 0.3 is 0 Å². The minimum Gasteiger partial charge on any atom is -0.323 e. The fourth-order valence-corrected chi connectivity index (χ4v) is 1.91. The maximum Gasteiger partial charge on any atom is 0.0867 e. The number of hydrogen-bond donors (Lipinski definition) is 1. The zero-order valence-corrected chi connectivity index (χ0v) is 10.1. The van der Waals surface area contributed by atoms with Crippen LogP contribution in [0.1, 0.15) is 18.7 Å². The molecule has 1 aromatic carbocycles. The molecule has 0 saturated carbocycles. The van der Waals surface area contributed by atoms with E-state index in [9.17, 15) is 0 Å². The van der Waals surface area contributed by atoms with E-state index in [1.807, 2.05) is 44.4 Å². The van der Waals surface area contributed by atoms with Crippen LogP contribution in [0.25, 0.3) is 11.1 Å². The maximum absolute atomic E-state index is 5.98. The second-order valence-corrected chi connectivity index (χ2v) is 4.34. The first-order valence-electron chi connectivity index (χ1n) is 5.13. The monoisotopic (exact) mass is 235 g/mol. The second-order valence-electron chi connectivity index (χ2n) is 3.90. The van der Waals surface area contributed by atoms with Crippen LogP contribution in [0.4, 0.5) is 0 Å². The van der Waals surface area contributed by atoms with Gasteiger partial charge in [-0.05, 0) is 24.6 Å². The molecule has 84 valence electrons. The lowest BCUT2D eigenvalue weighted by Crippen LogP contribution is -2.07. The number of halogens is 1. The van der Waals surface area contributed by atoms with Gasteiger partial charge in [-0.2, -0.15) is 5.10 Å². The maximum atomic E-state index is 5.98. The molecule has 1 aromatic heterocycles. The number of hydrogen-bond acceptors (Lipinski definition) is 2. The lowest BCUT2D eigenvalue weighted by molar-refractivity contribution is 0.699. The molecule has 1 heterocycles. The summed E-state index contributed by atoms with van der Waals surface area (Å²) < 4.78 is 1.77. The Morgan fingerprint density at radius 2 is 2.19 bits per heavy atom. The van der Waals surface area contributed by atoms with Gasteiger partial charge in [-0.25, -0.2) is 0 Å². The topological polar surface area (TPSA) is 43.8 Å². The average Bonchev–Trinajstić information content (AvgIpc) is 2.60. The van der Waals surface area contributed by atoms with E-state index in [1.54, 1.807) is 4.68 Å². The number of nitrogens with two attached hydrogens (primary N) is 1. The lowest BCUT2D eigenvalue weighted by atomic mass is 10.0. The molecule has 16 heavy (non-hydrogen) atoms. The van der Waals surface area contributed by atoms with Gasteiger partial charge in [-0.3, -0.25) is 4.68 Å². The van der Waals surface area contributed by atoms with Gasteiger partial charge < -0.3 is 5.73 Å². The predicted octanol–water partition coefficient (Wildman–Crippen LogP) is 2.76. The third-order valence-corrected chi connectivity index (χ3v) is 2.66. The zero-order chi connectivity index (χ0) is 11.7. The van der Waals surface area contributed by atoms with Crippen molar-refractivity contribution in [1.29, 1.82) is 0 Å². The summed E-state index contributed by atoms with van der Waals surface area (Å²) in [5, 5.41) is 5.08. The average molecular weight is 236 g/mol. The van der Waals surface area contributed by atoms with Crippen molar-refractivity contribution >= 4 is 11.6 Å². The van der Waals surface area contributed by atoms with Crippen LogP contribution >= 0.6 is 11.6 Å². The van der Waals surface area contributed by atoms with E-state index in [2.05, 4.69) is 5.10 Å². The summed E-state index contributed by atoms with van der Waals surface area (Å²) in [6, 6.07) is 7.62. The zero-order valence-electron chi connectivity index (χ0n) is 9.31. The first-order valence-corrected chi connectivity index (χ1v) is 5.51. The number of aromatic nitrogens is 2. The van der Waals surface area contributed by atoms with E-state index in [-0.39, 0.29) is 6.04 Å². The van der Waals surface area contributed by atoms with Gasteiger partial charge in [0.1, 0.15) is 0 Å². The molecule has 2 N–H and O–H groups in total. The summed E-state index contributed by atoms with van der Waals surface area (Å²) >= 11 is 5.98. The van der Waals surface area contributed by atoms with Crippen molar-refractivity contribution in [2.45, 2.75) is 13.0 Å². The third-order valence-electron chi connectivity index (χ3n) is 2.42. The molecular weight excluding hydrogens is 222 g/mol. The van der Waals surface area contributed by atoms with Gasteiger partial charge in [-0.15, -0.1) is 0 Å². The Bertz CT molecular complexity index is 503. The van der Waals surface area contributed by atoms with E-state index in [0.717, 1.165) is 21.8 Å². The van der Waals surface area contributed by atoms with Crippen LogP contribution in [-0.4, -0.2) is 9.78 Å². The van der Waals surface area contributed by atoms with Crippen molar-refractivity contribution in [3.05, 3.63) is 41.2 Å². The van der Waals surface area contributed by atoms with Crippen LogP contribution in [0.15, 0.2) is 30.5 Å². The van der Waals surface area contributed by atoms with Gasteiger partial charge in [0.25, 0.3) is 0 Å². The Hall–Kier alpha value is -1.32. The fraction of sp³-hybridized carbons (Fsp3) is 0.250. The fourth-order valence-electron chi connectivity index (χ4n) is 1.72. The third kappa shape index (κ3) is 2.10. The van der Waals surface area contributed by atoms with Gasteiger partial charge in [0.15, 0.2) is 0 Å². The quantitative estimate of drug-likeness (QED) is 0.870. The summed E-state index contributed by atoms with van der Waals surface area (Å²) in [6.07, 6.45) is 1.96. The molecule has 0 spiro atoms. The smallest absolute Gasteiger partial charge is 0.0867 e. The van der Waals surface area contributed by atoms with E-state index < -0.39 is 0 Å². The van der Waals surface area contributed by atoms with Crippen LogP contribution in [-0.2, 0) is 7.05 Å². The molecule has 2 aromatic rings. The molecule has 1 unspecified atom stereocenters. The molecule has 0 amide bonds. The van der Waals surface area contributed by atoms with Gasteiger partial charge in [-0.1, -0.05) is 23.7 Å². The molecule has 0 aliphatic rings. The molecule has 0 aliphatic heterocycles. The van der Waals surface area contributed by atoms with Gasteiger partial charge in [0, 0.05) is 29.9 Å². The highest BCUT2D eigenvalue weighted by atomic mass is 35.5. The molecular formula is C12H14ClN3. The summed E-state index contributed by atoms with van der Waals surface area (Å²) in [7, 11) is 1.89. The normalized spacial score (nSPS) is 12.8. The van der Waals surface area contributed by atoms with Crippen LogP contribution in [0.2, 0.25) is 5.02 Å². The molecule has 4 heteroatoms. The van der Waals surface area contributed by atoms with E-state index >= 15 is 0 Å². The minimum atomic E-state index is -0.0878. The Morgan fingerprint density at radius 3 is 2.81 bits per heavy atom. The Kier molecular flexibility index (Phi) is 2.99. The van der Waals surface area contributed by atoms with Crippen molar-refractivity contribution in [3.63, 3.8) is 0 Å². The van der Waals surface area contributed by atoms with Gasteiger partial charge in [0.05, 0.1) is 5.69 Å². The Balaban J connectivity index is 2.55. The molecule has 2 rings (SSSR count). The summed E-state index contributed by atoms with van der Waals surface area (Å²) in [5.74, 6) is 0. The van der Waals surface area contributed by atoms with Crippen molar-refractivity contribution in [1.82, 2.24) is 9.78 Å². The first-order chi connectivity index (χ1) is 7.58. The highest BCUT2D eigenvalue weighted by Gasteiger charge is 2.13. The first kappa shape index (κ1) is 11.2. The second kappa shape index (κ2) is 4.28. The standard InChI is InChI=1S/C12H14ClN3/c1-8(14)12-11(7-16(2)15-12)9-4-3-5-10(13)6-9/h3-8H,14H2,1-2H3. The molecule has 0 fully saturated rings. The van der Waals surface area contributed by atoms with Crippen molar-refractivity contribution in [2.75, 3.05) is 0 Å². The summed E-state index contributed by atoms with van der Waals surface area (Å²) in [5.41, 5.74) is 8.88. The van der Waals surface area contributed by atoms with E-state index in [1.165, 1.54) is 0 Å². The number of aryl methyl sites for hydroxylation is 1.